The van der Waals surface area contributed by atoms with Crippen molar-refractivity contribution in [3.05, 3.63) is 66.3 Å². The van der Waals surface area contributed by atoms with E-state index in [2.05, 4.69) is 49.5 Å². The summed E-state index contributed by atoms with van der Waals surface area (Å²) in [6.45, 7) is 5.85. The van der Waals surface area contributed by atoms with Gasteiger partial charge in [0.2, 0.25) is 17.6 Å². The molecule has 1 aliphatic rings. The summed E-state index contributed by atoms with van der Waals surface area (Å²) in [6.07, 6.45) is 2.54. The summed E-state index contributed by atoms with van der Waals surface area (Å²) in [4.78, 5) is 21.3. The number of piperazine rings is 1. The number of hydrogen-bond donors (Lipinski definition) is 1. The Kier molecular flexibility index (Phi) is 8.03. The third-order valence-electron chi connectivity index (χ3n) is 5.83. The second-order valence-electron chi connectivity index (χ2n) is 8.24. The molecule has 0 aliphatic carbocycles. The maximum atomic E-state index is 13.0. The molecule has 8 heteroatoms. The molecule has 0 atom stereocenters. The minimum atomic E-state index is -0.306. The molecular weight excluding hydrogens is 421 g/mol. The van der Waals surface area contributed by atoms with Crippen LogP contribution in [0.2, 0.25) is 0 Å². The van der Waals surface area contributed by atoms with E-state index in [0.717, 1.165) is 39.1 Å². The number of aryl methyl sites for hydroxylation is 1. The number of rotatable bonds is 10. The molecule has 0 bridgehead atoms. The number of aromatic nitrogens is 2. The maximum absolute atomic E-state index is 13.0. The zero-order valence-electron chi connectivity index (χ0n) is 18.8. The smallest absolute Gasteiger partial charge is 0.226 e. The standard InChI is InChI=1S/C25H30FN5O2/c26-21-12-10-20(11-13-21)25-28-24(33-29-25)9-4-8-23(32)27-14-5-15-30-16-18-31(19-17-30)22-6-2-1-3-7-22/h1-3,6-7,10-13H,4-5,8-9,14-19H2,(H,27,32). The van der Waals surface area contributed by atoms with E-state index in [9.17, 15) is 9.18 Å². The van der Waals surface area contributed by atoms with Gasteiger partial charge in [0.15, 0.2) is 0 Å². The first-order chi connectivity index (χ1) is 16.2. The lowest BCUT2D eigenvalue weighted by Crippen LogP contribution is -2.47. The fraction of sp³-hybridized carbons (Fsp3) is 0.400. The summed E-state index contributed by atoms with van der Waals surface area (Å²) in [5.74, 6) is 0.650. The number of carbonyl (C=O) groups excluding carboxylic acids is 1. The van der Waals surface area contributed by atoms with Gasteiger partial charge in [0.1, 0.15) is 5.82 Å². The van der Waals surface area contributed by atoms with Gasteiger partial charge in [-0.25, -0.2) is 4.39 Å². The van der Waals surface area contributed by atoms with Crippen LogP contribution in [0.3, 0.4) is 0 Å². The lowest BCUT2D eigenvalue weighted by molar-refractivity contribution is -0.121. The van der Waals surface area contributed by atoms with E-state index in [1.54, 1.807) is 12.1 Å². The Bertz CT molecular complexity index is 1000. The van der Waals surface area contributed by atoms with Gasteiger partial charge >= 0.3 is 0 Å². The molecule has 7 nitrogen and oxygen atoms in total. The minimum absolute atomic E-state index is 0.0437. The van der Waals surface area contributed by atoms with Gasteiger partial charge in [-0.2, -0.15) is 4.98 Å². The Morgan fingerprint density at radius 2 is 1.76 bits per heavy atom. The molecule has 0 radical (unpaired) electrons. The van der Waals surface area contributed by atoms with Crippen LogP contribution in [-0.4, -0.2) is 60.2 Å². The van der Waals surface area contributed by atoms with Crippen molar-refractivity contribution in [1.29, 1.82) is 0 Å². The number of hydrogen-bond acceptors (Lipinski definition) is 6. The van der Waals surface area contributed by atoms with Gasteiger partial charge in [0, 0.05) is 56.8 Å². The van der Waals surface area contributed by atoms with Gasteiger partial charge in [0.05, 0.1) is 0 Å². The van der Waals surface area contributed by atoms with Gasteiger partial charge in [-0.3, -0.25) is 9.69 Å². The number of para-hydroxylation sites is 1. The lowest BCUT2D eigenvalue weighted by atomic mass is 10.2. The Hall–Kier alpha value is -3.26. The van der Waals surface area contributed by atoms with E-state index < -0.39 is 0 Å². The molecule has 1 saturated heterocycles. The number of halogens is 1. The van der Waals surface area contributed by atoms with Crippen LogP contribution in [0, 0.1) is 5.82 Å². The number of anilines is 1. The molecule has 1 aromatic heterocycles. The largest absolute Gasteiger partial charge is 0.369 e. The third-order valence-corrected chi connectivity index (χ3v) is 5.83. The molecule has 0 spiro atoms. The normalized spacial score (nSPS) is 14.4. The summed E-state index contributed by atoms with van der Waals surface area (Å²) in [5, 5.41) is 6.93. The Labute approximate surface area is 193 Å². The van der Waals surface area contributed by atoms with Crippen LogP contribution < -0.4 is 10.2 Å². The summed E-state index contributed by atoms with van der Waals surface area (Å²) in [5.41, 5.74) is 1.99. The van der Waals surface area contributed by atoms with Gasteiger partial charge in [-0.15, -0.1) is 0 Å². The van der Waals surface area contributed by atoms with Gasteiger partial charge in [-0.1, -0.05) is 23.4 Å². The van der Waals surface area contributed by atoms with Gasteiger partial charge in [0.25, 0.3) is 0 Å². The minimum Gasteiger partial charge on any atom is -0.369 e. The molecule has 1 amide bonds. The van der Waals surface area contributed by atoms with Crippen molar-refractivity contribution in [2.75, 3.05) is 44.2 Å². The van der Waals surface area contributed by atoms with E-state index in [0.29, 0.717) is 43.1 Å². The highest BCUT2D eigenvalue weighted by atomic mass is 19.1. The number of nitrogens with one attached hydrogen (secondary N) is 1. The molecule has 4 rings (SSSR count). The van der Waals surface area contributed by atoms with Crippen molar-refractivity contribution >= 4 is 11.6 Å². The molecule has 174 valence electrons. The molecule has 33 heavy (non-hydrogen) atoms. The summed E-state index contributed by atoms with van der Waals surface area (Å²) >= 11 is 0. The van der Waals surface area contributed by atoms with Gasteiger partial charge in [-0.05, 0) is 55.8 Å². The van der Waals surface area contributed by atoms with Gasteiger partial charge < -0.3 is 14.7 Å². The maximum Gasteiger partial charge on any atom is 0.226 e. The highest BCUT2D eigenvalue weighted by Gasteiger charge is 2.16. The SMILES string of the molecule is O=C(CCCc1nc(-c2ccc(F)cc2)no1)NCCCN1CCN(c2ccccc2)CC1. The monoisotopic (exact) mass is 451 g/mol. The predicted molar refractivity (Wildman–Crippen MR) is 125 cm³/mol. The molecular formula is C25H30FN5O2. The van der Waals surface area contributed by atoms with Crippen LogP contribution >= 0.6 is 0 Å². The zero-order valence-corrected chi connectivity index (χ0v) is 18.8. The van der Waals surface area contributed by atoms with E-state index in [4.69, 9.17) is 4.52 Å². The lowest BCUT2D eigenvalue weighted by Gasteiger charge is -2.36. The highest BCUT2D eigenvalue weighted by Crippen LogP contribution is 2.17. The van der Waals surface area contributed by atoms with Crippen LogP contribution in [0.15, 0.2) is 59.1 Å². The molecule has 2 heterocycles. The van der Waals surface area contributed by atoms with Crippen LogP contribution in [0.4, 0.5) is 10.1 Å². The van der Waals surface area contributed by atoms with Crippen molar-refractivity contribution < 1.29 is 13.7 Å². The summed E-state index contributed by atoms with van der Waals surface area (Å²) in [6, 6.07) is 16.5. The molecule has 1 N–H and O–H groups in total. The Morgan fingerprint density at radius 1 is 1.00 bits per heavy atom. The third kappa shape index (κ3) is 6.86. The number of amides is 1. The van der Waals surface area contributed by atoms with Crippen molar-refractivity contribution in [1.82, 2.24) is 20.4 Å². The molecule has 1 fully saturated rings. The van der Waals surface area contributed by atoms with E-state index in [1.807, 2.05) is 6.07 Å². The Morgan fingerprint density at radius 3 is 2.52 bits per heavy atom. The molecule has 0 unspecified atom stereocenters. The van der Waals surface area contributed by atoms with Crippen LogP contribution in [0.1, 0.15) is 25.2 Å². The first-order valence-electron chi connectivity index (χ1n) is 11.5. The molecule has 3 aromatic rings. The zero-order chi connectivity index (χ0) is 22.9. The first kappa shape index (κ1) is 22.9. The fourth-order valence-corrected chi connectivity index (χ4v) is 3.96. The second kappa shape index (κ2) is 11.6. The van der Waals surface area contributed by atoms with Crippen molar-refractivity contribution in [3.63, 3.8) is 0 Å². The summed E-state index contributed by atoms with van der Waals surface area (Å²) < 4.78 is 18.3. The molecule has 1 aliphatic heterocycles. The number of nitrogens with zero attached hydrogens (tertiary/aromatic N) is 4. The van der Waals surface area contributed by atoms with E-state index in [1.165, 1.54) is 17.8 Å². The Balaban J connectivity index is 1.07. The average Bonchev–Trinajstić information content (AvgIpc) is 3.32. The highest BCUT2D eigenvalue weighted by molar-refractivity contribution is 5.75. The second-order valence-corrected chi connectivity index (χ2v) is 8.24. The average molecular weight is 452 g/mol. The number of benzene rings is 2. The topological polar surface area (TPSA) is 74.5 Å². The van der Waals surface area contributed by atoms with Crippen molar-refractivity contribution in [3.8, 4) is 11.4 Å². The molecule has 2 aromatic carbocycles. The number of carbonyl (C=O) groups is 1. The van der Waals surface area contributed by atoms with E-state index >= 15 is 0 Å². The van der Waals surface area contributed by atoms with Crippen LogP contribution in [0.5, 0.6) is 0 Å². The van der Waals surface area contributed by atoms with Crippen molar-refractivity contribution in [2.24, 2.45) is 0 Å². The van der Waals surface area contributed by atoms with Crippen LogP contribution in [-0.2, 0) is 11.2 Å². The van der Waals surface area contributed by atoms with Crippen molar-refractivity contribution in [2.45, 2.75) is 25.7 Å². The van der Waals surface area contributed by atoms with Crippen LogP contribution in [0.25, 0.3) is 11.4 Å². The quantitative estimate of drug-likeness (QED) is 0.476. The summed E-state index contributed by atoms with van der Waals surface area (Å²) in [7, 11) is 0. The predicted octanol–water partition coefficient (Wildman–Crippen LogP) is 3.53. The van der Waals surface area contributed by atoms with E-state index in [-0.39, 0.29) is 11.7 Å². The fourth-order valence-electron chi connectivity index (χ4n) is 3.96. The molecule has 0 saturated carbocycles. The first-order valence-corrected chi connectivity index (χ1v) is 11.5.